The van der Waals surface area contributed by atoms with Crippen molar-refractivity contribution in [2.75, 3.05) is 0 Å². The third-order valence-electron chi connectivity index (χ3n) is 2.54. The standard InChI is InChI=1S/C9H16/c1-7-5-4-6-8(2)9(7)3/h7-8H,3-6H2,1-2H3/t7-,8-/m1/s1. The summed E-state index contributed by atoms with van der Waals surface area (Å²) in [5, 5.41) is 0. The summed E-state index contributed by atoms with van der Waals surface area (Å²) in [5.74, 6) is 1.57. The quantitative estimate of drug-likeness (QED) is 0.435. The van der Waals surface area contributed by atoms with E-state index in [1.54, 1.807) is 0 Å². The number of hydrogen-bond acceptors (Lipinski definition) is 0. The normalized spacial score (nSPS) is 36.9. The fraction of sp³-hybridized carbons (Fsp3) is 0.778. The number of hydrogen-bond donors (Lipinski definition) is 0. The zero-order valence-electron chi connectivity index (χ0n) is 6.48. The Labute approximate surface area is 58.0 Å². The van der Waals surface area contributed by atoms with Gasteiger partial charge in [-0.15, -0.1) is 0 Å². The molecule has 0 amide bonds. The Balaban J connectivity index is 2.52. The lowest BCUT2D eigenvalue weighted by molar-refractivity contribution is 0.406. The maximum Gasteiger partial charge on any atom is -0.0232 e. The molecule has 52 valence electrons. The monoisotopic (exact) mass is 124 g/mol. The first-order valence-electron chi connectivity index (χ1n) is 3.90. The highest BCUT2D eigenvalue weighted by Crippen LogP contribution is 2.31. The SMILES string of the molecule is C=C1[C@H](C)CCC[C@H]1C. The third-order valence-corrected chi connectivity index (χ3v) is 2.54. The van der Waals surface area contributed by atoms with Crippen molar-refractivity contribution in [2.24, 2.45) is 11.8 Å². The van der Waals surface area contributed by atoms with Crippen molar-refractivity contribution in [1.82, 2.24) is 0 Å². The largest absolute Gasteiger partial charge is 0.0993 e. The van der Waals surface area contributed by atoms with Crippen molar-refractivity contribution in [3.8, 4) is 0 Å². The minimum atomic E-state index is 0.786. The van der Waals surface area contributed by atoms with E-state index in [1.807, 2.05) is 0 Å². The molecule has 0 N–H and O–H groups in total. The average Bonchev–Trinajstić information content (AvgIpc) is 1.83. The van der Waals surface area contributed by atoms with Crippen LogP contribution in [0, 0.1) is 11.8 Å². The molecule has 2 atom stereocenters. The molecule has 1 aliphatic rings. The third kappa shape index (κ3) is 1.35. The van der Waals surface area contributed by atoms with Crippen molar-refractivity contribution in [3.05, 3.63) is 12.2 Å². The van der Waals surface area contributed by atoms with E-state index >= 15 is 0 Å². The molecular weight excluding hydrogens is 108 g/mol. The van der Waals surface area contributed by atoms with Crippen LogP contribution >= 0.6 is 0 Å². The van der Waals surface area contributed by atoms with Gasteiger partial charge in [0.1, 0.15) is 0 Å². The number of allylic oxidation sites excluding steroid dienone is 1. The van der Waals surface area contributed by atoms with E-state index in [0.29, 0.717) is 0 Å². The Morgan fingerprint density at radius 2 is 1.67 bits per heavy atom. The van der Waals surface area contributed by atoms with E-state index in [1.165, 1.54) is 24.8 Å². The van der Waals surface area contributed by atoms with E-state index in [0.717, 1.165) is 11.8 Å². The summed E-state index contributed by atoms with van der Waals surface area (Å²) >= 11 is 0. The predicted molar refractivity (Wildman–Crippen MR) is 41.3 cm³/mol. The summed E-state index contributed by atoms with van der Waals surface area (Å²) in [6.45, 7) is 8.66. The minimum Gasteiger partial charge on any atom is -0.0993 e. The van der Waals surface area contributed by atoms with E-state index in [2.05, 4.69) is 20.4 Å². The van der Waals surface area contributed by atoms with Gasteiger partial charge in [-0.25, -0.2) is 0 Å². The molecule has 0 nitrogen and oxygen atoms in total. The molecule has 1 saturated carbocycles. The molecule has 0 bridgehead atoms. The highest BCUT2D eigenvalue weighted by atomic mass is 14.2. The van der Waals surface area contributed by atoms with E-state index in [9.17, 15) is 0 Å². The Morgan fingerprint density at radius 1 is 1.22 bits per heavy atom. The molecule has 0 saturated heterocycles. The summed E-state index contributed by atoms with van der Waals surface area (Å²) in [7, 11) is 0. The maximum atomic E-state index is 4.08. The van der Waals surface area contributed by atoms with Crippen LogP contribution in [0.25, 0.3) is 0 Å². The molecule has 0 aliphatic heterocycles. The summed E-state index contributed by atoms with van der Waals surface area (Å²) in [6.07, 6.45) is 4.13. The zero-order chi connectivity index (χ0) is 6.85. The molecule has 9 heavy (non-hydrogen) atoms. The molecule has 0 aromatic heterocycles. The smallest absolute Gasteiger partial charge is 0.0232 e. The fourth-order valence-corrected chi connectivity index (χ4v) is 1.59. The van der Waals surface area contributed by atoms with Crippen molar-refractivity contribution in [3.63, 3.8) is 0 Å². The average molecular weight is 124 g/mol. The van der Waals surface area contributed by atoms with Gasteiger partial charge in [0.15, 0.2) is 0 Å². The predicted octanol–water partition coefficient (Wildman–Crippen LogP) is 3.00. The topological polar surface area (TPSA) is 0 Å². The molecule has 0 unspecified atom stereocenters. The van der Waals surface area contributed by atoms with Gasteiger partial charge in [0.05, 0.1) is 0 Å². The lowest BCUT2D eigenvalue weighted by atomic mass is 9.80. The van der Waals surface area contributed by atoms with E-state index in [4.69, 9.17) is 0 Å². The van der Waals surface area contributed by atoms with Crippen LogP contribution < -0.4 is 0 Å². The molecule has 1 rings (SSSR count). The van der Waals surface area contributed by atoms with E-state index in [-0.39, 0.29) is 0 Å². The first-order valence-corrected chi connectivity index (χ1v) is 3.90. The molecular formula is C9H16. The highest BCUT2D eigenvalue weighted by Gasteiger charge is 2.18. The Bertz CT molecular complexity index is 101. The van der Waals surface area contributed by atoms with Gasteiger partial charge >= 0.3 is 0 Å². The van der Waals surface area contributed by atoms with Crippen molar-refractivity contribution >= 4 is 0 Å². The van der Waals surface area contributed by atoms with Crippen LogP contribution in [0.3, 0.4) is 0 Å². The molecule has 0 heterocycles. The summed E-state index contributed by atoms with van der Waals surface area (Å²) in [5.41, 5.74) is 1.47. The molecule has 0 heteroatoms. The van der Waals surface area contributed by atoms with Gasteiger partial charge in [0, 0.05) is 0 Å². The van der Waals surface area contributed by atoms with Crippen molar-refractivity contribution in [2.45, 2.75) is 33.1 Å². The van der Waals surface area contributed by atoms with Crippen LogP contribution in [0.5, 0.6) is 0 Å². The first kappa shape index (κ1) is 6.85. The molecule has 1 fully saturated rings. The van der Waals surface area contributed by atoms with Crippen molar-refractivity contribution < 1.29 is 0 Å². The molecule has 0 aromatic rings. The molecule has 0 aromatic carbocycles. The summed E-state index contributed by atoms with van der Waals surface area (Å²) in [4.78, 5) is 0. The van der Waals surface area contributed by atoms with Crippen LogP contribution in [0.15, 0.2) is 12.2 Å². The molecule has 0 spiro atoms. The zero-order valence-corrected chi connectivity index (χ0v) is 6.48. The van der Waals surface area contributed by atoms with Gasteiger partial charge in [-0.05, 0) is 24.7 Å². The lowest BCUT2D eigenvalue weighted by Crippen LogP contribution is -2.13. The van der Waals surface area contributed by atoms with Gasteiger partial charge in [-0.1, -0.05) is 32.4 Å². The molecule has 1 aliphatic carbocycles. The van der Waals surface area contributed by atoms with Crippen LogP contribution in [0.4, 0.5) is 0 Å². The van der Waals surface area contributed by atoms with Crippen LogP contribution in [-0.2, 0) is 0 Å². The number of rotatable bonds is 0. The van der Waals surface area contributed by atoms with E-state index < -0.39 is 0 Å². The van der Waals surface area contributed by atoms with Gasteiger partial charge in [0.2, 0.25) is 0 Å². The van der Waals surface area contributed by atoms with Gasteiger partial charge in [-0.3, -0.25) is 0 Å². The van der Waals surface area contributed by atoms with Crippen LogP contribution in [0.2, 0.25) is 0 Å². The van der Waals surface area contributed by atoms with Gasteiger partial charge < -0.3 is 0 Å². The second-order valence-electron chi connectivity index (χ2n) is 3.31. The highest BCUT2D eigenvalue weighted by molar-refractivity contribution is 5.05. The van der Waals surface area contributed by atoms with Gasteiger partial charge in [-0.2, -0.15) is 0 Å². The van der Waals surface area contributed by atoms with Crippen LogP contribution in [0.1, 0.15) is 33.1 Å². The first-order chi connectivity index (χ1) is 4.22. The molecule has 0 radical (unpaired) electrons. The van der Waals surface area contributed by atoms with Gasteiger partial charge in [0.25, 0.3) is 0 Å². The van der Waals surface area contributed by atoms with Crippen molar-refractivity contribution in [1.29, 1.82) is 0 Å². The Kier molecular flexibility index (Phi) is 1.94. The Morgan fingerprint density at radius 3 is 2.00 bits per heavy atom. The fourth-order valence-electron chi connectivity index (χ4n) is 1.59. The summed E-state index contributed by atoms with van der Waals surface area (Å²) in [6, 6.07) is 0. The Hall–Kier alpha value is -0.260. The maximum absolute atomic E-state index is 4.08. The second-order valence-corrected chi connectivity index (χ2v) is 3.31. The van der Waals surface area contributed by atoms with Crippen LogP contribution in [-0.4, -0.2) is 0 Å². The summed E-state index contributed by atoms with van der Waals surface area (Å²) < 4.78 is 0. The minimum absolute atomic E-state index is 0.786. The lowest BCUT2D eigenvalue weighted by Gasteiger charge is -2.26. The second kappa shape index (κ2) is 2.55.